The first-order valence-corrected chi connectivity index (χ1v) is 8.53. The minimum atomic E-state index is -3.35. The first kappa shape index (κ1) is 14.6. The maximum Gasteiger partial charge on any atom is 0.242 e. The van der Waals surface area contributed by atoms with Gasteiger partial charge in [0.25, 0.3) is 0 Å². The Bertz CT molecular complexity index is 448. The van der Waals surface area contributed by atoms with Crippen LogP contribution in [0, 0.1) is 0 Å². The van der Waals surface area contributed by atoms with Crippen molar-refractivity contribution in [3.63, 3.8) is 0 Å². The van der Waals surface area contributed by atoms with Crippen LogP contribution in [-0.4, -0.2) is 32.5 Å². The number of hydrogen-bond donors (Lipinski definition) is 3. The van der Waals surface area contributed by atoms with Gasteiger partial charge in [-0.1, -0.05) is 25.7 Å². The molecule has 108 valence electrons. The van der Waals surface area contributed by atoms with Crippen molar-refractivity contribution in [3.05, 3.63) is 18.5 Å². The van der Waals surface area contributed by atoms with Crippen molar-refractivity contribution >= 4 is 10.0 Å². The fourth-order valence-electron chi connectivity index (χ4n) is 2.50. The average Bonchev–Trinajstić information content (AvgIpc) is 2.81. The predicted octanol–water partition coefficient (Wildman–Crippen LogP) is 1.61. The number of H-pyrrole nitrogens is 1. The quantitative estimate of drug-likeness (QED) is 0.549. The van der Waals surface area contributed by atoms with Crippen molar-refractivity contribution < 1.29 is 8.42 Å². The maximum absolute atomic E-state index is 11.8. The van der Waals surface area contributed by atoms with Crippen LogP contribution in [0.25, 0.3) is 0 Å². The van der Waals surface area contributed by atoms with Gasteiger partial charge in [-0.2, -0.15) is 0 Å². The van der Waals surface area contributed by atoms with Crippen molar-refractivity contribution in [3.8, 4) is 0 Å². The SMILES string of the molecule is O=S(=O)(NCCNC1CCCCCC1)c1cc[nH]c1. The van der Waals surface area contributed by atoms with Gasteiger partial charge < -0.3 is 10.3 Å². The third kappa shape index (κ3) is 4.63. The number of hydrogen-bond acceptors (Lipinski definition) is 3. The van der Waals surface area contributed by atoms with Gasteiger partial charge in [-0.25, -0.2) is 13.1 Å². The molecule has 0 bridgehead atoms. The summed E-state index contributed by atoms with van der Waals surface area (Å²) in [6, 6.07) is 2.11. The Morgan fingerprint density at radius 1 is 1.16 bits per heavy atom. The van der Waals surface area contributed by atoms with Crippen LogP contribution >= 0.6 is 0 Å². The monoisotopic (exact) mass is 285 g/mol. The fraction of sp³-hybridized carbons (Fsp3) is 0.692. The van der Waals surface area contributed by atoms with Crippen LogP contribution in [0.3, 0.4) is 0 Å². The molecule has 0 saturated heterocycles. The van der Waals surface area contributed by atoms with E-state index in [2.05, 4.69) is 15.0 Å². The van der Waals surface area contributed by atoms with E-state index >= 15 is 0 Å². The van der Waals surface area contributed by atoms with E-state index < -0.39 is 10.0 Å². The molecule has 0 aromatic carbocycles. The summed E-state index contributed by atoms with van der Waals surface area (Å²) in [6.07, 6.45) is 10.8. The largest absolute Gasteiger partial charge is 0.366 e. The van der Waals surface area contributed by atoms with Gasteiger partial charge >= 0.3 is 0 Å². The summed E-state index contributed by atoms with van der Waals surface area (Å²) < 4.78 is 26.3. The van der Waals surface area contributed by atoms with Gasteiger partial charge in [0.1, 0.15) is 0 Å². The summed E-state index contributed by atoms with van der Waals surface area (Å²) in [5.74, 6) is 0. The number of rotatable bonds is 6. The minimum Gasteiger partial charge on any atom is -0.366 e. The lowest BCUT2D eigenvalue weighted by Gasteiger charge is -2.16. The molecule has 0 spiro atoms. The summed E-state index contributed by atoms with van der Waals surface area (Å²) in [6.45, 7) is 1.12. The summed E-state index contributed by atoms with van der Waals surface area (Å²) in [5.41, 5.74) is 0. The third-order valence-corrected chi connectivity index (χ3v) is 5.04. The van der Waals surface area contributed by atoms with E-state index in [9.17, 15) is 8.42 Å². The molecule has 0 radical (unpaired) electrons. The molecule has 1 aromatic rings. The molecular weight excluding hydrogens is 262 g/mol. The predicted molar refractivity (Wildman–Crippen MR) is 75.5 cm³/mol. The molecule has 3 N–H and O–H groups in total. The smallest absolute Gasteiger partial charge is 0.242 e. The van der Waals surface area contributed by atoms with Crippen LogP contribution in [-0.2, 0) is 10.0 Å². The number of nitrogens with one attached hydrogen (secondary N) is 3. The van der Waals surface area contributed by atoms with E-state index in [0.29, 0.717) is 24.0 Å². The normalized spacial score (nSPS) is 18.3. The van der Waals surface area contributed by atoms with E-state index in [-0.39, 0.29) is 0 Å². The first-order chi connectivity index (χ1) is 9.18. The first-order valence-electron chi connectivity index (χ1n) is 7.04. The number of sulfonamides is 1. The van der Waals surface area contributed by atoms with Crippen LogP contribution < -0.4 is 10.0 Å². The van der Waals surface area contributed by atoms with Crippen LogP contribution in [0.2, 0.25) is 0 Å². The molecule has 2 rings (SSSR count). The maximum atomic E-state index is 11.8. The Hall–Kier alpha value is -0.850. The highest BCUT2D eigenvalue weighted by Crippen LogP contribution is 2.16. The second-order valence-corrected chi connectivity index (χ2v) is 6.85. The molecule has 0 atom stereocenters. The Morgan fingerprint density at radius 2 is 1.89 bits per heavy atom. The van der Waals surface area contributed by atoms with Gasteiger partial charge in [0, 0.05) is 31.5 Å². The molecule has 0 amide bonds. The van der Waals surface area contributed by atoms with E-state index in [4.69, 9.17) is 0 Å². The van der Waals surface area contributed by atoms with Crippen LogP contribution in [0.1, 0.15) is 38.5 Å². The molecule has 1 aromatic heterocycles. The highest BCUT2D eigenvalue weighted by molar-refractivity contribution is 7.89. The molecule has 1 aliphatic carbocycles. The van der Waals surface area contributed by atoms with E-state index in [1.165, 1.54) is 44.7 Å². The Kier molecular flexibility index (Phi) is 5.42. The van der Waals surface area contributed by atoms with E-state index in [0.717, 1.165) is 0 Å². The van der Waals surface area contributed by atoms with Gasteiger partial charge in [-0.05, 0) is 18.9 Å². The highest BCUT2D eigenvalue weighted by Gasteiger charge is 2.14. The summed E-state index contributed by atoms with van der Waals surface area (Å²) in [7, 11) is -3.35. The van der Waals surface area contributed by atoms with Crippen molar-refractivity contribution in [1.82, 2.24) is 15.0 Å². The zero-order valence-electron chi connectivity index (χ0n) is 11.2. The van der Waals surface area contributed by atoms with E-state index in [1.54, 1.807) is 12.3 Å². The molecule has 1 aliphatic rings. The number of aromatic amines is 1. The molecule has 1 saturated carbocycles. The van der Waals surface area contributed by atoms with Gasteiger partial charge in [0.05, 0.1) is 4.90 Å². The zero-order chi connectivity index (χ0) is 13.6. The summed E-state index contributed by atoms with van der Waals surface area (Å²) in [4.78, 5) is 3.04. The Morgan fingerprint density at radius 3 is 2.53 bits per heavy atom. The molecule has 1 fully saturated rings. The molecule has 1 heterocycles. The zero-order valence-corrected chi connectivity index (χ0v) is 12.0. The van der Waals surface area contributed by atoms with Crippen molar-refractivity contribution in [2.24, 2.45) is 0 Å². The standard InChI is InChI=1S/C13H23N3O2S/c17-19(18,13-7-8-14-11-13)16-10-9-15-12-5-3-1-2-4-6-12/h7-8,11-12,14-16H,1-6,9-10H2. The summed E-state index contributed by atoms with van der Waals surface area (Å²) in [5, 5.41) is 3.44. The van der Waals surface area contributed by atoms with Crippen LogP contribution in [0.15, 0.2) is 23.4 Å². The lowest BCUT2D eigenvalue weighted by Crippen LogP contribution is -2.36. The second kappa shape index (κ2) is 7.07. The van der Waals surface area contributed by atoms with Gasteiger partial charge in [-0.15, -0.1) is 0 Å². The molecule has 0 unspecified atom stereocenters. The topological polar surface area (TPSA) is 74.0 Å². The van der Waals surface area contributed by atoms with Crippen LogP contribution in [0.5, 0.6) is 0 Å². The molecule has 5 nitrogen and oxygen atoms in total. The highest BCUT2D eigenvalue weighted by atomic mass is 32.2. The van der Waals surface area contributed by atoms with E-state index in [1.807, 2.05) is 0 Å². The summed E-state index contributed by atoms with van der Waals surface area (Å²) >= 11 is 0. The second-order valence-electron chi connectivity index (χ2n) is 5.09. The average molecular weight is 285 g/mol. The van der Waals surface area contributed by atoms with Gasteiger partial charge in [0.2, 0.25) is 10.0 Å². The molecular formula is C13H23N3O2S. The molecule has 6 heteroatoms. The van der Waals surface area contributed by atoms with Crippen molar-refractivity contribution in [1.29, 1.82) is 0 Å². The van der Waals surface area contributed by atoms with Gasteiger partial charge in [-0.3, -0.25) is 0 Å². The fourth-order valence-corrected chi connectivity index (χ4v) is 3.51. The number of aromatic nitrogens is 1. The third-order valence-electron chi connectivity index (χ3n) is 3.58. The van der Waals surface area contributed by atoms with Crippen molar-refractivity contribution in [2.75, 3.05) is 13.1 Å². The Balaban J connectivity index is 1.69. The van der Waals surface area contributed by atoms with Crippen molar-refractivity contribution in [2.45, 2.75) is 49.5 Å². The lowest BCUT2D eigenvalue weighted by atomic mass is 10.1. The van der Waals surface area contributed by atoms with Crippen LogP contribution in [0.4, 0.5) is 0 Å². The molecule has 0 aliphatic heterocycles. The Labute approximate surface area is 115 Å². The minimum absolute atomic E-state index is 0.293. The molecule has 19 heavy (non-hydrogen) atoms. The lowest BCUT2D eigenvalue weighted by molar-refractivity contribution is 0.461. The van der Waals surface area contributed by atoms with Gasteiger partial charge in [0.15, 0.2) is 0 Å².